The van der Waals surface area contributed by atoms with E-state index in [4.69, 9.17) is 4.42 Å². The van der Waals surface area contributed by atoms with Gasteiger partial charge in [0.15, 0.2) is 0 Å². The Morgan fingerprint density at radius 3 is 1.87 bits per heavy atom. The predicted octanol–water partition coefficient (Wildman–Crippen LogP) is 12.7. The first-order chi connectivity index (χ1) is 23.1. The molecule has 0 aliphatic heterocycles. The van der Waals surface area contributed by atoms with E-state index in [2.05, 4.69) is 176 Å². The van der Waals surface area contributed by atoms with Crippen LogP contribution in [0, 0.1) is 0 Å². The Kier molecular flexibility index (Phi) is 6.20. The van der Waals surface area contributed by atoms with E-state index in [1.54, 1.807) is 0 Å². The van der Waals surface area contributed by atoms with Crippen molar-refractivity contribution in [1.29, 1.82) is 0 Å². The maximum atomic E-state index is 6.51. The summed E-state index contributed by atoms with van der Waals surface area (Å²) in [5, 5.41) is 2.36. The molecule has 0 atom stereocenters. The minimum Gasteiger partial charge on any atom is -0.456 e. The SMILES string of the molecule is CC1(C)c2ccc(-c3ccc(N(c4ccccc4)c4cccc(-c5ccccc5)c4)cc3)cc2-c2ccc3c(oc4ccccc43)c21. The van der Waals surface area contributed by atoms with Crippen molar-refractivity contribution in [3.05, 3.63) is 175 Å². The lowest BCUT2D eigenvalue weighted by Crippen LogP contribution is -2.15. The molecule has 0 saturated carbocycles. The summed E-state index contributed by atoms with van der Waals surface area (Å²) in [5.74, 6) is 0. The lowest BCUT2D eigenvalue weighted by atomic mass is 9.81. The number of para-hydroxylation sites is 2. The van der Waals surface area contributed by atoms with E-state index in [1.165, 1.54) is 55.3 Å². The Labute approximate surface area is 275 Å². The average Bonchev–Trinajstić information content (AvgIpc) is 3.61. The summed E-state index contributed by atoms with van der Waals surface area (Å²) in [4.78, 5) is 2.33. The summed E-state index contributed by atoms with van der Waals surface area (Å²) in [6.07, 6.45) is 0. The Morgan fingerprint density at radius 1 is 0.447 bits per heavy atom. The van der Waals surface area contributed by atoms with Gasteiger partial charge in [-0.3, -0.25) is 0 Å². The first-order valence-electron chi connectivity index (χ1n) is 16.3. The van der Waals surface area contributed by atoms with Crippen molar-refractivity contribution in [1.82, 2.24) is 0 Å². The zero-order valence-electron chi connectivity index (χ0n) is 26.4. The Bertz CT molecular complexity index is 2420. The number of benzene rings is 7. The van der Waals surface area contributed by atoms with Crippen molar-refractivity contribution >= 4 is 39.0 Å². The van der Waals surface area contributed by atoms with Gasteiger partial charge in [0.25, 0.3) is 0 Å². The van der Waals surface area contributed by atoms with Crippen LogP contribution in [0.4, 0.5) is 17.1 Å². The summed E-state index contributed by atoms with van der Waals surface area (Å²) in [7, 11) is 0. The van der Waals surface area contributed by atoms with Crippen LogP contribution < -0.4 is 4.90 Å². The van der Waals surface area contributed by atoms with Crippen molar-refractivity contribution < 1.29 is 4.42 Å². The fourth-order valence-electron chi connectivity index (χ4n) is 7.54. The third-order valence-corrected chi connectivity index (χ3v) is 9.84. The molecule has 2 nitrogen and oxygen atoms in total. The number of fused-ring (bicyclic) bond motifs is 7. The van der Waals surface area contributed by atoms with Crippen LogP contribution in [-0.4, -0.2) is 0 Å². The van der Waals surface area contributed by atoms with Crippen LogP contribution in [0.25, 0.3) is 55.3 Å². The summed E-state index contributed by atoms with van der Waals surface area (Å²) in [6, 6.07) is 58.8. The van der Waals surface area contributed by atoms with Crippen LogP contribution >= 0.6 is 0 Å². The van der Waals surface area contributed by atoms with E-state index < -0.39 is 0 Å². The zero-order chi connectivity index (χ0) is 31.5. The van der Waals surface area contributed by atoms with Crippen LogP contribution in [0.5, 0.6) is 0 Å². The smallest absolute Gasteiger partial charge is 0.140 e. The minimum absolute atomic E-state index is 0.162. The molecule has 0 radical (unpaired) electrons. The zero-order valence-corrected chi connectivity index (χ0v) is 26.4. The average molecular weight is 604 g/mol. The normalized spacial score (nSPS) is 13.1. The molecule has 0 amide bonds. The third-order valence-electron chi connectivity index (χ3n) is 9.84. The lowest BCUT2D eigenvalue weighted by molar-refractivity contribution is 0.620. The van der Waals surface area contributed by atoms with Crippen molar-refractivity contribution in [2.75, 3.05) is 4.90 Å². The van der Waals surface area contributed by atoms with Gasteiger partial charge in [-0.05, 0) is 93.5 Å². The number of furan rings is 1. The molecule has 1 aliphatic rings. The molecule has 1 heterocycles. The molecule has 0 spiro atoms. The van der Waals surface area contributed by atoms with Crippen LogP contribution in [-0.2, 0) is 5.41 Å². The van der Waals surface area contributed by atoms with Crippen molar-refractivity contribution in [3.63, 3.8) is 0 Å². The van der Waals surface area contributed by atoms with Gasteiger partial charge in [-0.2, -0.15) is 0 Å². The number of hydrogen-bond acceptors (Lipinski definition) is 2. The number of hydrogen-bond donors (Lipinski definition) is 0. The largest absolute Gasteiger partial charge is 0.456 e. The third kappa shape index (κ3) is 4.40. The van der Waals surface area contributed by atoms with Crippen LogP contribution in [0.15, 0.2) is 168 Å². The topological polar surface area (TPSA) is 16.4 Å². The molecule has 0 unspecified atom stereocenters. The highest BCUT2D eigenvalue weighted by molar-refractivity contribution is 6.09. The monoisotopic (exact) mass is 603 g/mol. The molecule has 0 saturated heterocycles. The number of anilines is 3. The van der Waals surface area contributed by atoms with Gasteiger partial charge in [-0.15, -0.1) is 0 Å². The molecule has 9 rings (SSSR count). The summed E-state index contributed by atoms with van der Waals surface area (Å²) < 4.78 is 6.51. The summed E-state index contributed by atoms with van der Waals surface area (Å²) >= 11 is 0. The van der Waals surface area contributed by atoms with Gasteiger partial charge in [-0.1, -0.05) is 123 Å². The van der Waals surface area contributed by atoms with Gasteiger partial charge in [0.2, 0.25) is 0 Å². The van der Waals surface area contributed by atoms with Gasteiger partial charge in [-0.25, -0.2) is 0 Å². The molecule has 8 aromatic rings. The summed E-state index contributed by atoms with van der Waals surface area (Å²) in [6.45, 7) is 4.65. The highest BCUT2D eigenvalue weighted by Gasteiger charge is 2.38. The second-order valence-electron chi connectivity index (χ2n) is 13.0. The lowest BCUT2D eigenvalue weighted by Gasteiger charge is -2.26. The first kappa shape index (κ1) is 27.5. The summed E-state index contributed by atoms with van der Waals surface area (Å²) in [5.41, 5.74) is 15.1. The van der Waals surface area contributed by atoms with Gasteiger partial charge >= 0.3 is 0 Å². The van der Waals surface area contributed by atoms with Gasteiger partial charge in [0.1, 0.15) is 11.2 Å². The van der Waals surface area contributed by atoms with Crippen molar-refractivity contribution in [2.45, 2.75) is 19.3 Å². The Balaban J connectivity index is 1.11. The molecule has 1 aromatic heterocycles. The molecule has 0 bridgehead atoms. The fraction of sp³-hybridized carbons (Fsp3) is 0.0667. The van der Waals surface area contributed by atoms with Gasteiger partial charge in [0, 0.05) is 38.8 Å². The molecule has 7 aromatic carbocycles. The van der Waals surface area contributed by atoms with E-state index in [0.717, 1.165) is 28.2 Å². The van der Waals surface area contributed by atoms with E-state index in [9.17, 15) is 0 Å². The van der Waals surface area contributed by atoms with E-state index in [0.29, 0.717) is 0 Å². The van der Waals surface area contributed by atoms with E-state index >= 15 is 0 Å². The van der Waals surface area contributed by atoms with E-state index in [1.807, 2.05) is 6.07 Å². The van der Waals surface area contributed by atoms with Gasteiger partial charge in [0.05, 0.1) is 0 Å². The van der Waals surface area contributed by atoms with Crippen LogP contribution in [0.3, 0.4) is 0 Å². The predicted molar refractivity (Wildman–Crippen MR) is 197 cm³/mol. The maximum absolute atomic E-state index is 6.51. The minimum atomic E-state index is -0.162. The van der Waals surface area contributed by atoms with E-state index in [-0.39, 0.29) is 5.41 Å². The molecule has 224 valence electrons. The fourth-order valence-corrected chi connectivity index (χ4v) is 7.54. The molecular weight excluding hydrogens is 571 g/mol. The van der Waals surface area contributed by atoms with Crippen LogP contribution in [0.1, 0.15) is 25.0 Å². The molecule has 0 fully saturated rings. The quantitative estimate of drug-likeness (QED) is 0.195. The molecule has 2 heteroatoms. The number of rotatable bonds is 5. The number of nitrogens with zero attached hydrogens (tertiary/aromatic N) is 1. The standard InChI is InChI=1S/C45H33NO/c1-45(2)41-27-22-33(29-40(41)38-25-26-39-37-18-9-10-19-42(37)47-44(39)43(38)45)31-20-23-35(24-21-31)46(34-15-7-4-8-16-34)36-17-11-14-32(28-36)30-12-5-3-6-13-30/h3-29H,1-2H3. The molecule has 1 aliphatic carbocycles. The highest BCUT2D eigenvalue weighted by atomic mass is 16.3. The van der Waals surface area contributed by atoms with Crippen molar-refractivity contribution in [3.8, 4) is 33.4 Å². The molecule has 0 N–H and O–H groups in total. The first-order valence-corrected chi connectivity index (χ1v) is 16.3. The highest BCUT2D eigenvalue weighted by Crippen LogP contribution is 2.53. The van der Waals surface area contributed by atoms with Gasteiger partial charge < -0.3 is 9.32 Å². The molecular formula is C45H33NO. The molecule has 47 heavy (non-hydrogen) atoms. The second kappa shape index (κ2) is 10.6. The Hall–Kier alpha value is -5.86. The van der Waals surface area contributed by atoms with Crippen LogP contribution in [0.2, 0.25) is 0 Å². The second-order valence-corrected chi connectivity index (χ2v) is 13.0. The maximum Gasteiger partial charge on any atom is 0.140 e. The van der Waals surface area contributed by atoms with Crippen molar-refractivity contribution in [2.24, 2.45) is 0 Å². The Morgan fingerprint density at radius 2 is 1.06 bits per heavy atom.